The lowest BCUT2D eigenvalue weighted by molar-refractivity contribution is -0.125. The van der Waals surface area contributed by atoms with E-state index in [1.807, 2.05) is 6.07 Å². The number of para-hydroxylation sites is 1. The summed E-state index contributed by atoms with van der Waals surface area (Å²) < 4.78 is 4.99. The van der Waals surface area contributed by atoms with E-state index in [1.54, 1.807) is 18.2 Å². The molecule has 0 aliphatic heterocycles. The fourth-order valence-electron chi connectivity index (χ4n) is 1.24. The molecule has 5 heteroatoms. The zero-order valence-corrected chi connectivity index (χ0v) is 8.52. The van der Waals surface area contributed by atoms with E-state index in [9.17, 15) is 9.59 Å². The summed E-state index contributed by atoms with van der Waals surface area (Å²) in [5.74, 6) is -0.443. The molecule has 1 aromatic heterocycles. The van der Waals surface area contributed by atoms with Crippen LogP contribution in [0.3, 0.4) is 0 Å². The number of carbonyl (C=O) groups excluding carboxylic acids is 1. The molecule has 0 aliphatic rings. The maximum absolute atomic E-state index is 11.4. The van der Waals surface area contributed by atoms with E-state index in [1.165, 1.54) is 13.0 Å². The largest absolute Gasteiger partial charge is 0.420 e. The molecule has 0 fully saturated rings. The molecule has 0 radical (unpaired) electrons. The molecular weight excluding hydrogens is 210 g/mol. The van der Waals surface area contributed by atoms with Crippen molar-refractivity contribution < 1.29 is 14.0 Å². The van der Waals surface area contributed by atoms with Crippen molar-refractivity contribution in [1.82, 2.24) is 5.48 Å². The van der Waals surface area contributed by atoms with Gasteiger partial charge in [0.15, 0.2) is 0 Å². The molecule has 0 bridgehead atoms. The van der Waals surface area contributed by atoms with E-state index in [0.717, 1.165) is 5.39 Å². The van der Waals surface area contributed by atoms with E-state index >= 15 is 0 Å². The maximum atomic E-state index is 11.4. The molecule has 82 valence electrons. The topological polar surface area (TPSA) is 68.5 Å². The monoisotopic (exact) mass is 219 g/mol. The molecule has 16 heavy (non-hydrogen) atoms. The Balaban J connectivity index is 2.42. The molecule has 1 aromatic carbocycles. The lowest BCUT2D eigenvalue weighted by atomic mass is 10.2. The van der Waals surface area contributed by atoms with Crippen LogP contribution in [-0.4, -0.2) is 5.91 Å². The second kappa shape index (κ2) is 4.06. The highest BCUT2D eigenvalue weighted by molar-refractivity contribution is 5.77. The molecule has 0 unspecified atom stereocenters. The molecule has 0 saturated carbocycles. The summed E-state index contributed by atoms with van der Waals surface area (Å²) in [5, 5.41) is 0.724. The van der Waals surface area contributed by atoms with Gasteiger partial charge in [-0.1, -0.05) is 18.2 Å². The van der Waals surface area contributed by atoms with Crippen LogP contribution in [0.4, 0.5) is 0 Å². The summed E-state index contributed by atoms with van der Waals surface area (Å²) in [6.07, 6.45) is 0. The Morgan fingerprint density at radius 3 is 2.88 bits per heavy atom. The van der Waals surface area contributed by atoms with Gasteiger partial charge in [-0.3, -0.25) is 4.79 Å². The van der Waals surface area contributed by atoms with Crippen LogP contribution in [0.15, 0.2) is 39.5 Å². The standard InChI is InChI=1S/C11H9NO4/c1-7(13)12-16-10-6-8-4-2-3-5-9(8)15-11(10)14/h2-6H,1H3,(H,12,13). The second-order valence-corrected chi connectivity index (χ2v) is 3.20. The van der Waals surface area contributed by atoms with Crippen LogP contribution in [-0.2, 0) is 4.79 Å². The van der Waals surface area contributed by atoms with Crippen LogP contribution >= 0.6 is 0 Å². The molecule has 2 aromatic rings. The minimum Gasteiger partial charge on any atom is -0.420 e. The minimum absolute atomic E-state index is 0.0473. The van der Waals surface area contributed by atoms with Gasteiger partial charge in [0.1, 0.15) is 5.58 Å². The Hall–Kier alpha value is -2.30. The van der Waals surface area contributed by atoms with Gasteiger partial charge in [-0.15, -0.1) is 0 Å². The van der Waals surface area contributed by atoms with Gasteiger partial charge in [-0.05, 0) is 6.07 Å². The zero-order chi connectivity index (χ0) is 11.5. The van der Waals surface area contributed by atoms with Gasteiger partial charge in [0.05, 0.1) is 0 Å². The van der Waals surface area contributed by atoms with Crippen LogP contribution in [0.25, 0.3) is 11.0 Å². The normalized spacial score (nSPS) is 10.1. The third kappa shape index (κ3) is 2.03. The lowest BCUT2D eigenvalue weighted by Crippen LogP contribution is -2.26. The SMILES string of the molecule is CC(=O)NOc1cc2ccccc2oc1=O. The first-order valence-electron chi connectivity index (χ1n) is 4.63. The van der Waals surface area contributed by atoms with Crippen LogP contribution in [0, 0.1) is 0 Å². The first-order valence-corrected chi connectivity index (χ1v) is 4.63. The number of fused-ring (bicyclic) bond motifs is 1. The molecular formula is C11H9NO4. The number of amides is 1. The van der Waals surface area contributed by atoms with Gasteiger partial charge in [0.2, 0.25) is 11.7 Å². The van der Waals surface area contributed by atoms with Crippen LogP contribution < -0.4 is 15.9 Å². The molecule has 0 saturated heterocycles. The van der Waals surface area contributed by atoms with Gasteiger partial charge in [0, 0.05) is 18.4 Å². The van der Waals surface area contributed by atoms with Crippen molar-refractivity contribution in [3.63, 3.8) is 0 Å². The van der Waals surface area contributed by atoms with Crippen molar-refractivity contribution in [3.05, 3.63) is 40.8 Å². The summed E-state index contributed by atoms with van der Waals surface area (Å²) in [6.45, 7) is 1.28. The van der Waals surface area contributed by atoms with Gasteiger partial charge < -0.3 is 9.25 Å². The fourth-order valence-corrected chi connectivity index (χ4v) is 1.24. The van der Waals surface area contributed by atoms with E-state index in [2.05, 4.69) is 5.48 Å². The minimum atomic E-state index is -0.632. The predicted molar refractivity (Wildman–Crippen MR) is 56.9 cm³/mol. The fraction of sp³-hybridized carbons (Fsp3) is 0.0909. The number of hydrogen-bond acceptors (Lipinski definition) is 4. The van der Waals surface area contributed by atoms with Gasteiger partial charge >= 0.3 is 5.63 Å². The lowest BCUT2D eigenvalue weighted by Gasteiger charge is -2.03. The first-order chi connectivity index (χ1) is 7.66. The molecule has 0 aliphatic carbocycles. The Morgan fingerprint density at radius 2 is 2.12 bits per heavy atom. The van der Waals surface area contributed by atoms with E-state index in [0.29, 0.717) is 5.58 Å². The van der Waals surface area contributed by atoms with E-state index in [-0.39, 0.29) is 5.75 Å². The molecule has 1 amide bonds. The Labute approximate surface area is 90.6 Å². The Kier molecular flexibility index (Phi) is 2.59. The molecule has 1 N–H and O–H groups in total. The first kappa shape index (κ1) is 10.2. The Morgan fingerprint density at radius 1 is 1.38 bits per heavy atom. The van der Waals surface area contributed by atoms with Crippen molar-refractivity contribution in [1.29, 1.82) is 0 Å². The maximum Gasteiger partial charge on any atom is 0.382 e. The predicted octanol–water partition coefficient (Wildman–Crippen LogP) is 1.22. The highest BCUT2D eigenvalue weighted by atomic mass is 16.7. The number of benzene rings is 1. The van der Waals surface area contributed by atoms with Gasteiger partial charge in [0.25, 0.3) is 0 Å². The molecule has 0 spiro atoms. The van der Waals surface area contributed by atoms with Crippen molar-refractivity contribution >= 4 is 16.9 Å². The summed E-state index contributed by atoms with van der Waals surface area (Å²) in [5.41, 5.74) is 1.91. The summed E-state index contributed by atoms with van der Waals surface area (Å²) in [6, 6.07) is 8.54. The van der Waals surface area contributed by atoms with Crippen LogP contribution in [0.1, 0.15) is 6.92 Å². The summed E-state index contributed by atoms with van der Waals surface area (Å²) >= 11 is 0. The number of rotatable bonds is 2. The number of nitrogens with one attached hydrogen (secondary N) is 1. The Bertz CT molecular complexity index is 588. The smallest absolute Gasteiger partial charge is 0.382 e. The summed E-state index contributed by atoms with van der Waals surface area (Å²) in [7, 11) is 0. The van der Waals surface area contributed by atoms with Gasteiger partial charge in [-0.25, -0.2) is 4.79 Å². The second-order valence-electron chi connectivity index (χ2n) is 3.20. The third-order valence-electron chi connectivity index (χ3n) is 1.91. The number of carbonyl (C=O) groups is 1. The van der Waals surface area contributed by atoms with Crippen LogP contribution in [0.5, 0.6) is 5.75 Å². The average molecular weight is 219 g/mol. The average Bonchev–Trinajstić information content (AvgIpc) is 2.26. The molecule has 1 heterocycles. The highest BCUT2D eigenvalue weighted by Crippen LogP contribution is 2.15. The molecule has 0 atom stereocenters. The third-order valence-corrected chi connectivity index (χ3v) is 1.91. The van der Waals surface area contributed by atoms with Gasteiger partial charge in [-0.2, -0.15) is 5.48 Å². The van der Waals surface area contributed by atoms with E-state index in [4.69, 9.17) is 9.25 Å². The molecule has 2 rings (SSSR count). The number of hydroxylamine groups is 1. The highest BCUT2D eigenvalue weighted by Gasteiger charge is 2.06. The van der Waals surface area contributed by atoms with Crippen molar-refractivity contribution in [2.75, 3.05) is 0 Å². The zero-order valence-electron chi connectivity index (χ0n) is 8.52. The van der Waals surface area contributed by atoms with Crippen molar-refractivity contribution in [2.24, 2.45) is 0 Å². The van der Waals surface area contributed by atoms with E-state index < -0.39 is 11.5 Å². The quantitative estimate of drug-likeness (QED) is 0.609. The van der Waals surface area contributed by atoms with Crippen molar-refractivity contribution in [2.45, 2.75) is 6.92 Å². The number of hydrogen-bond donors (Lipinski definition) is 1. The molecule has 5 nitrogen and oxygen atoms in total. The summed E-state index contributed by atoms with van der Waals surface area (Å²) in [4.78, 5) is 26.8. The van der Waals surface area contributed by atoms with Crippen LogP contribution in [0.2, 0.25) is 0 Å². The van der Waals surface area contributed by atoms with Crippen molar-refractivity contribution in [3.8, 4) is 5.75 Å².